The van der Waals surface area contributed by atoms with Crippen molar-refractivity contribution in [3.63, 3.8) is 0 Å². The zero-order valence-corrected chi connectivity index (χ0v) is 20.2. The van der Waals surface area contributed by atoms with Gasteiger partial charge >= 0.3 is 0 Å². The lowest BCUT2D eigenvalue weighted by molar-refractivity contribution is 0.0680. The summed E-state index contributed by atoms with van der Waals surface area (Å²) in [6, 6.07) is 19.2. The van der Waals surface area contributed by atoms with Gasteiger partial charge in [0.2, 0.25) is 0 Å². The zero-order chi connectivity index (χ0) is 25.2. The summed E-state index contributed by atoms with van der Waals surface area (Å²) in [5.74, 6) is 0.703. The summed E-state index contributed by atoms with van der Waals surface area (Å²) in [7, 11) is 3.03. The number of hydrogen-bond acceptors (Lipinski definition) is 6. The molecule has 7 heteroatoms. The van der Waals surface area contributed by atoms with Crippen LogP contribution in [0.4, 0.5) is 0 Å². The van der Waals surface area contributed by atoms with Gasteiger partial charge in [-0.1, -0.05) is 30.3 Å². The maximum Gasteiger partial charge on any atom is 0.274 e. The van der Waals surface area contributed by atoms with Gasteiger partial charge in [-0.05, 0) is 78.4 Å². The molecule has 1 heterocycles. The third kappa shape index (κ3) is 4.28. The molecule has 1 aliphatic carbocycles. The Kier molecular flexibility index (Phi) is 6.38. The molecule has 3 aromatic rings. The summed E-state index contributed by atoms with van der Waals surface area (Å²) in [6.45, 7) is 0. The van der Waals surface area contributed by atoms with Crippen LogP contribution in [0.2, 0.25) is 0 Å². The molecule has 0 aromatic heterocycles. The van der Waals surface area contributed by atoms with Gasteiger partial charge in [-0.3, -0.25) is 4.79 Å². The van der Waals surface area contributed by atoms with Gasteiger partial charge in [0.25, 0.3) is 5.91 Å². The first-order valence-electron chi connectivity index (χ1n) is 11.9. The number of phenolic OH excluding ortho intramolecular Hbond substituents is 2. The summed E-state index contributed by atoms with van der Waals surface area (Å²) in [5.41, 5.74) is 4.24. The first-order chi connectivity index (χ1) is 17.5. The molecular weight excluding hydrogens is 456 g/mol. The number of aromatic hydroxyl groups is 2. The average Bonchev–Trinajstić information content (AvgIpc) is 3.30. The van der Waals surface area contributed by atoms with Crippen LogP contribution in [0.5, 0.6) is 23.0 Å². The minimum Gasteiger partial charge on any atom is -0.504 e. The molecule has 1 amide bonds. The smallest absolute Gasteiger partial charge is 0.274 e. The number of carbonyl (C=O) groups is 1. The third-order valence-electron chi connectivity index (χ3n) is 6.82. The van der Waals surface area contributed by atoms with Crippen LogP contribution in [0.1, 0.15) is 46.8 Å². The van der Waals surface area contributed by atoms with Crippen LogP contribution >= 0.6 is 0 Å². The van der Waals surface area contributed by atoms with Crippen LogP contribution in [-0.4, -0.2) is 41.1 Å². The van der Waals surface area contributed by atoms with Gasteiger partial charge in [0.05, 0.1) is 26.0 Å². The Morgan fingerprint density at radius 1 is 0.972 bits per heavy atom. The lowest BCUT2D eigenvalue weighted by Crippen LogP contribution is -2.31. The second-order valence-electron chi connectivity index (χ2n) is 8.98. The Hall–Kier alpha value is -4.26. The second-order valence-corrected chi connectivity index (χ2v) is 8.98. The summed E-state index contributed by atoms with van der Waals surface area (Å²) < 4.78 is 10.6. The average molecular weight is 485 g/mol. The maximum absolute atomic E-state index is 13.7. The van der Waals surface area contributed by atoms with Crippen LogP contribution in [0.15, 0.2) is 77.4 Å². The Balaban J connectivity index is 1.59. The highest BCUT2D eigenvalue weighted by atomic mass is 16.5. The minimum atomic E-state index is -0.333. The lowest BCUT2D eigenvalue weighted by atomic mass is 9.77. The molecule has 2 unspecified atom stereocenters. The van der Waals surface area contributed by atoms with Crippen molar-refractivity contribution < 1.29 is 24.5 Å². The highest BCUT2D eigenvalue weighted by Crippen LogP contribution is 2.46. The van der Waals surface area contributed by atoms with Gasteiger partial charge in [-0.15, -0.1) is 0 Å². The Bertz CT molecular complexity index is 1350. The fraction of sp³-hybridized carbons (Fsp3) is 0.241. The van der Waals surface area contributed by atoms with Gasteiger partial charge in [-0.2, -0.15) is 5.10 Å². The first kappa shape index (κ1) is 23.5. The number of hydrazone groups is 1. The van der Waals surface area contributed by atoms with E-state index in [1.54, 1.807) is 41.4 Å². The van der Waals surface area contributed by atoms with Crippen molar-refractivity contribution in [2.24, 2.45) is 11.0 Å². The first-order valence-corrected chi connectivity index (χ1v) is 11.9. The van der Waals surface area contributed by atoms with Crippen LogP contribution in [0, 0.1) is 5.92 Å². The molecule has 1 aliphatic heterocycles. The number of rotatable bonds is 5. The van der Waals surface area contributed by atoms with E-state index in [4.69, 9.17) is 14.6 Å². The van der Waals surface area contributed by atoms with Crippen molar-refractivity contribution in [1.82, 2.24) is 5.01 Å². The van der Waals surface area contributed by atoms with E-state index in [-0.39, 0.29) is 29.4 Å². The number of methoxy groups -OCH3 is 2. The highest BCUT2D eigenvalue weighted by molar-refractivity contribution is 6.09. The molecule has 2 atom stereocenters. The van der Waals surface area contributed by atoms with Crippen molar-refractivity contribution in [3.05, 3.63) is 89.0 Å². The largest absolute Gasteiger partial charge is 0.504 e. The number of fused-ring (bicyclic) bond motifs is 1. The number of allylic oxidation sites excluding steroid dienone is 1. The molecule has 0 spiro atoms. The summed E-state index contributed by atoms with van der Waals surface area (Å²) >= 11 is 0. The molecule has 2 N–H and O–H groups in total. The van der Waals surface area contributed by atoms with Crippen LogP contribution in [0.25, 0.3) is 6.08 Å². The predicted octanol–water partition coefficient (Wildman–Crippen LogP) is 5.55. The molecule has 184 valence electrons. The number of ether oxygens (including phenoxy) is 2. The van der Waals surface area contributed by atoms with Crippen molar-refractivity contribution in [1.29, 1.82) is 0 Å². The van der Waals surface area contributed by atoms with Gasteiger partial charge < -0.3 is 19.7 Å². The number of carbonyl (C=O) groups excluding carboxylic acids is 1. The lowest BCUT2D eigenvalue weighted by Gasteiger charge is -2.30. The number of phenols is 2. The standard InChI is InChI=1S/C29H28N2O5/c1-35-25-16-18(11-13-23(25)32)15-20-9-6-10-22-27(20)30-31(29(34)19-7-4-3-5-8-19)28(22)21-12-14-24(33)26(17-21)36-2/h3-5,7-8,11-17,22,28,32-33H,6,9-10H2,1-2H3/b20-15+. The maximum atomic E-state index is 13.7. The molecule has 0 bridgehead atoms. The molecule has 1 saturated carbocycles. The predicted molar refractivity (Wildman–Crippen MR) is 137 cm³/mol. The van der Waals surface area contributed by atoms with Crippen LogP contribution in [0.3, 0.4) is 0 Å². The van der Waals surface area contributed by atoms with Crippen LogP contribution < -0.4 is 9.47 Å². The number of nitrogens with zero attached hydrogens (tertiary/aromatic N) is 2. The molecule has 3 aromatic carbocycles. The molecule has 0 saturated heterocycles. The second kappa shape index (κ2) is 9.77. The van der Waals surface area contributed by atoms with E-state index >= 15 is 0 Å². The summed E-state index contributed by atoms with van der Waals surface area (Å²) in [5, 5.41) is 26.6. The van der Waals surface area contributed by atoms with E-state index in [2.05, 4.69) is 6.08 Å². The third-order valence-corrected chi connectivity index (χ3v) is 6.82. The van der Waals surface area contributed by atoms with Gasteiger partial charge in [0.15, 0.2) is 23.0 Å². The zero-order valence-electron chi connectivity index (χ0n) is 20.2. The minimum absolute atomic E-state index is 0.00841. The van der Waals surface area contributed by atoms with Crippen molar-refractivity contribution in [2.45, 2.75) is 25.3 Å². The van der Waals surface area contributed by atoms with Gasteiger partial charge in [0, 0.05) is 11.5 Å². The van der Waals surface area contributed by atoms with Crippen molar-refractivity contribution in [2.75, 3.05) is 14.2 Å². The van der Waals surface area contributed by atoms with Crippen molar-refractivity contribution >= 4 is 17.7 Å². The topological polar surface area (TPSA) is 91.6 Å². The fourth-order valence-corrected chi connectivity index (χ4v) is 5.08. The number of benzene rings is 3. The Morgan fingerprint density at radius 3 is 2.39 bits per heavy atom. The fourth-order valence-electron chi connectivity index (χ4n) is 5.08. The van der Waals surface area contributed by atoms with E-state index < -0.39 is 0 Å². The van der Waals surface area contributed by atoms with Crippen molar-refractivity contribution in [3.8, 4) is 23.0 Å². The van der Waals surface area contributed by atoms with E-state index in [1.165, 1.54) is 14.2 Å². The molecular formula is C29H28N2O5. The summed E-state index contributed by atoms with van der Waals surface area (Å²) in [4.78, 5) is 13.7. The Labute approximate surface area is 209 Å². The van der Waals surface area contributed by atoms with Crippen LogP contribution in [-0.2, 0) is 0 Å². The van der Waals surface area contributed by atoms with E-state index in [0.717, 1.165) is 41.7 Å². The normalized spacial score (nSPS) is 20.1. The molecule has 0 radical (unpaired) electrons. The summed E-state index contributed by atoms with van der Waals surface area (Å²) in [6.07, 6.45) is 4.71. The molecule has 2 aliphatic rings. The van der Waals surface area contributed by atoms with E-state index in [9.17, 15) is 15.0 Å². The SMILES string of the molecule is COc1cc(/C=C2\CCCC3C2=NN(C(=O)c2ccccc2)C3c2ccc(O)c(OC)c2)ccc1O. The van der Waals surface area contributed by atoms with Gasteiger partial charge in [0.1, 0.15) is 0 Å². The Morgan fingerprint density at radius 2 is 1.67 bits per heavy atom. The number of amides is 1. The number of hydrogen-bond donors (Lipinski definition) is 2. The molecule has 7 nitrogen and oxygen atoms in total. The molecule has 1 fully saturated rings. The van der Waals surface area contributed by atoms with E-state index in [0.29, 0.717) is 17.1 Å². The molecule has 36 heavy (non-hydrogen) atoms. The quantitative estimate of drug-likeness (QED) is 0.495. The molecule has 5 rings (SSSR count). The monoisotopic (exact) mass is 484 g/mol. The van der Waals surface area contributed by atoms with E-state index in [1.807, 2.05) is 30.3 Å². The highest BCUT2D eigenvalue weighted by Gasteiger charge is 2.44. The van der Waals surface area contributed by atoms with Gasteiger partial charge in [-0.25, -0.2) is 5.01 Å².